The van der Waals surface area contributed by atoms with Crippen molar-refractivity contribution < 1.29 is 24.6 Å². The molecule has 3 atom stereocenters. The molecule has 27 heavy (non-hydrogen) atoms. The molecule has 1 saturated heterocycles. The predicted molar refractivity (Wildman–Crippen MR) is 104 cm³/mol. The van der Waals surface area contributed by atoms with Gasteiger partial charge in [0, 0.05) is 11.5 Å². The first-order chi connectivity index (χ1) is 12.9. The van der Waals surface area contributed by atoms with Gasteiger partial charge in [-0.2, -0.15) is 0 Å². The molecule has 5 nitrogen and oxygen atoms in total. The minimum atomic E-state index is -0.495. The fourth-order valence-electron chi connectivity index (χ4n) is 4.23. The third-order valence-electron chi connectivity index (χ3n) is 5.80. The number of nitrogens with one attached hydrogen (secondary N) is 1. The summed E-state index contributed by atoms with van der Waals surface area (Å²) >= 11 is 0. The molecule has 0 spiro atoms. The minimum Gasteiger partial charge on any atom is -0.487 e. The topological polar surface area (TPSA) is 63.4 Å². The van der Waals surface area contributed by atoms with E-state index in [-0.39, 0.29) is 24.9 Å². The molecule has 2 heterocycles. The number of hydrogen-bond donors (Lipinski definition) is 3. The van der Waals surface area contributed by atoms with Crippen molar-refractivity contribution in [1.82, 2.24) is 0 Å². The van der Waals surface area contributed by atoms with Crippen LogP contribution < -0.4 is 9.64 Å². The number of para-hydroxylation sites is 1. The third-order valence-corrected chi connectivity index (χ3v) is 5.80. The van der Waals surface area contributed by atoms with E-state index < -0.39 is 5.60 Å². The maximum Gasteiger partial charge on any atom is 0.139 e. The quantitative estimate of drug-likeness (QED) is 0.672. The van der Waals surface area contributed by atoms with Crippen LogP contribution in [-0.4, -0.2) is 54.3 Å². The lowest BCUT2D eigenvalue weighted by Crippen LogP contribution is -3.13. The summed E-state index contributed by atoms with van der Waals surface area (Å²) in [7, 11) is 0. The lowest BCUT2D eigenvalue weighted by molar-refractivity contribution is -0.893. The minimum absolute atomic E-state index is 0.0173. The first kappa shape index (κ1) is 20.2. The zero-order valence-corrected chi connectivity index (χ0v) is 16.6. The van der Waals surface area contributed by atoms with Gasteiger partial charge < -0.3 is 24.6 Å². The van der Waals surface area contributed by atoms with Crippen LogP contribution in [0.1, 0.15) is 45.3 Å². The van der Waals surface area contributed by atoms with Crippen LogP contribution in [-0.2, 0) is 4.74 Å². The molecule has 0 saturated carbocycles. The Labute approximate surface area is 162 Å². The SMILES string of the molecule is CC1(C)Oc2ccccc2[C@H]2O[C@@](C)(C#CC[NH+](CCO)CCO)CC[C@H]21. The first-order valence-electron chi connectivity index (χ1n) is 9.89. The largest absolute Gasteiger partial charge is 0.487 e. The number of ether oxygens (including phenoxy) is 2. The highest BCUT2D eigenvalue weighted by atomic mass is 16.5. The molecule has 1 aromatic rings. The Balaban J connectivity index is 1.77. The molecule has 2 aliphatic heterocycles. The molecule has 1 aromatic carbocycles. The molecule has 0 aliphatic carbocycles. The van der Waals surface area contributed by atoms with E-state index >= 15 is 0 Å². The molecule has 0 bridgehead atoms. The normalized spacial score (nSPS) is 28.5. The van der Waals surface area contributed by atoms with Crippen molar-refractivity contribution >= 4 is 0 Å². The summed E-state index contributed by atoms with van der Waals surface area (Å²) in [5, 5.41) is 18.3. The van der Waals surface area contributed by atoms with Gasteiger partial charge in [0.05, 0.1) is 19.3 Å². The number of aliphatic hydroxyl groups excluding tert-OH is 2. The lowest BCUT2D eigenvalue weighted by atomic mass is 9.73. The van der Waals surface area contributed by atoms with Gasteiger partial charge in [-0.1, -0.05) is 24.1 Å². The predicted octanol–water partition coefficient (Wildman–Crippen LogP) is 0.957. The molecule has 2 aliphatic rings. The van der Waals surface area contributed by atoms with Crippen molar-refractivity contribution in [3.8, 4) is 17.6 Å². The van der Waals surface area contributed by atoms with Crippen molar-refractivity contribution in [2.24, 2.45) is 5.92 Å². The monoisotopic (exact) mass is 374 g/mol. The van der Waals surface area contributed by atoms with Crippen LogP contribution in [0.25, 0.3) is 0 Å². The Morgan fingerprint density at radius 2 is 1.85 bits per heavy atom. The van der Waals surface area contributed by atoms with Crippen molar-refractivity contribution in [1.29, 1.82) is 0 Å². The Kier molecular flexibility index (Phi) is 6.12. The smallest absolute Gasteiger partial charge is 0.139 e. The van der Waals surface area contributed by atoms with E-state index in [1.807, 2.05) is 18.2 Å². The van der Waals surface area contributed by atoms with Crippen LogP contribution >= 0.6 is 0 Å². The van der Waals surface area contributed by atoms with Crippen LogP contribution in [0.2, 0.25) is 0 Å². The van der Waals surface area contributed by atoms with Crippen molar-refractivity contribution in [3.63, 3.8) is 0 Å². The average Bonchev–Trinajstić information content (AvgIpc) is 2.61. The standard InChI is InChI=1S/C22H31NO4/c1-21(2)18-9-11-22(3,10-6-12-23(13-15-24)14-16-25)27-20(18)17-7-4-5-8-19(17)26-21/h4-5,7-8,18,20,24-25H,9,11-16H2,1-3H3/p+1/t18-,20-,22+/m1/s1. The number of hydrogen-bond acceptors (Lipinski definition) is 4. The van der Waals surface area contributed by atoms with E-state index in [2.05, 4.69) is 38.7 Å². The molecule has 148 valence electrons. The maximum absolute atomic E-state index is 9.15. The Bertz CT molecular complexity index is 702. The van der Waals surface area contributed by atoms with Crippen LogP contribution in [0, 0.1) is 17.8 Å². The summed E-state index contributed by atoms with van der Waals surface area (Å²) in [6, 6.07) is 8.13. The van der Waals surface area contributed by atoms with E-state index in [1.165, 1.54) is 0 Å². The molecule has 0 amide bonds. The molecule has 0 unspecified atom stereocenters. The molecule has 3 N–H and O–H groups in total. The van der Waals surface area contributed by atoms with E-state index in [9.17, 15) is 0 Å². The molecular formula is C22H32NO4+. The van der Waals surface area contributed by atoms with E-state index in [1.54, 1.807) is 0 Å². The van der Waals surface area contributed by atoms with Crippen molar-refractivity contribution in [3.05, 3.63) is 29.8 Å². The zero-order chi connectivity index (χ0) is 19.5. The highest BCUT2D eigenvalue weighted by Crippen LogP contribution is 2.52. The van der Waals surface area contributed by atoms with E-state index in [0.29, 0.717) is 25.6 Å². The molecule has 1 fully saturated rings. The Morgan fingerprint density at radius 1 is 1.15 bits per heavy atom. The third kappa shape index (κ3) is 4.47. The second kappa shape index (κ2) is 8.20. The van der Waals surface area contributed by atoms with Gasteiger partial charge in [0.25, 0.3) is 0 Å². The van der Waals surface area contributed by atoms with Crippen LogP contribution in [0.4, 0.5) is 0 Å². The van der Waals surface area contributed by atoms with Gasteiger partial charge in [0.15, 0.2) is 0 Å². The summed E-state index contributed by atoms with van der Waals surface area (Å²) in [5.74, 6) is 7.78. The van der Waals surface area contributed by atoms with Gasteiger partial charge in [-0.05, 0) is 45.6 Å². The Hall–Kier alpha value is -1.58. The number of quaternary nitrogens is 1. The second-order valence-electron chi connectivity index (χ2n) is 8.33. The van der Waals surface area contributed by atoms with Crippen LogP contribution in [0.15, 0.2) is 24.3 Å². The molecule has 0 radical (unpaired) electrons. The van der Waals surface area contributed by atoms with Crippen molar-refractivity contribution in [2.45, 2.75) is 50.9 Å². The van der Waals surface area contributed by atoms with Crippen molar-refractivity contribution in [2.75, 3.05) is 32.8 Å². The van der Waals surface area contributed by atoms with Gasteiger partial charge in [-0.3, -0.25) is 0 Å². The summed E-state index contributed by atoms with van der Waals surface area (Å²) in [6.07, 6.45) is 1.85. The van der Waals surface area contributed by atoms with Crippen LogP contribution in [0.3, 0.4) is 0 Å². The van der Waals surface area contributed by atoms with Gasteiger partial charge in [0.1, 0.15) is 36.6 Å². The number of fused-ring (bicyclic) bond motifs is 3. The lowest BCUT2D eigenvalue weighted by Gasteiger charge is -2.50. The number of benzene rings is 1. The zero-order valence-electron chi connectivity index (χ0n) is 16.6. The first-order valence-corrected chi connectivity index (χ1v) is 9.89. The van der Waals surface area contributed by atoms with Crippen LogP contribution in [0.5, 0.6) is 5.75 Å². The summed E-state index contributed by atoms with van der Waals surface area (Å²) in [4.78, 5) is 1.09. The van der Waals surface area contributed by atoms with Gasteiger partial charge in [-0.25, -0.2) is 0 Å². The van der Waals surface area contributed by atoms with Gasteiger partial charge >= 0.3 is 0 Å². The molecular weight excluding hydrogens is 342 g/mol. The average molecular weight is 375 g/mol. The fourth-order valence-corrected chi connectivity index (χ4v) is 4.23. The molecule has 3 rings (SSSR count). The summed E-state index contributed by atoms with van der Waals surface area (Å²) in [5.41, 5.74) is 0.352. The molecule has 0 aromatic heterocycles. The molecule has 5 heteroatoms. The van der Waals surface area contributed by atoms with Gasteiger partial charge in [0.2, 0.25) is 0 Å². The highest BCUT2D eigenvalue weighted by molar-refractivity contribution is 5.39. The van der Waals surface area contributed by atoms with E-state index in [0.717, 1.165) is 29.1 Å². The van der Waals surface area contributed by atoms with E-state index in [4.69, 9.17) is 19.7 Å². The summed E-state index contributed by atoms with van der Waals surface area (Å²) < 4.78 is 12.8. The number of rotatable bonds is 5. The second-order valence-corrected chi connectivity index (χ2v) is 8.33. The fraction of sp³-hybridized carbons (Fsp3) is 0.636. The number of aliphatic hydroxyl groups is 2. The highest BCUT2D eigenvalue weighted by Gasteiger charge is 2.49. The maximum atomic E-state index is 9.15. The van der Waals surface area contributed by atoms with Gasteiger partial charge in [-0.15, -0.1) is 0 Å². The summed E-state index contributed by atoms with van der Waals surface area (Å²) in [6.45, 7) is 8.33. The Morgan fingerprint density at radius 3 is 2.56 bits per heavy atom.